The van der Waals surface area contributed by atoms with Gasteiger partial charge in [0.15, 0.2) is 0 Å². The summed E-state index contributed by atoms with van der Waals surface area (Å²) in [6.45, 7) is 8.44. The Bertz CT molecular complexity index is 858. The van der Waals surface area contributed by atoms with Crippen LogP contribution < -0.4 is 20.9 Å². The van der Waals surface area contributed by atoms with Gasteiger partial charge in [-0.05, 0) is 25.1 Å². The minimum Gasteiger partial charge on any atom is -0.367 e. The molecule has 1 aromatic heterocycles. The second kappa shape index (κ2) is 6.08. The highest BCUT2D eigenvalue weighted by Gasteiger charge is 2.42. The molecule has 0 bridgehead atoms. The summed E-state index contributed by atoms with van der Waals surface area (Å²) in [4.78, 5) is 15.3. The first-order chi connectivity index (χ1) is 12.1. The van der Waals surface area contributed by atoms with E-state index in [1.165, 1.54) is 0 Å². The molecule has 0 unspecified atom stereocenters. The van der Waals surface area contributed by atoms with Crippen LogP contribution in [0, 0.1) is 12.8 Å². The summed E-state index contributed by atoms with van der Waals surface area (Å²) in [6.07, 6.45) is 1.91. The Labute approximate surface area is 148 Å². The zero-order chi connectivity index (χ0) is 17.6. The van der Waals surface area contributed by atoms with Crippen molar-refractivity contribution in [2.45, 2.75) is 13.0 Å². The van der Waals surface area contributed by atoms with Gasteiger partial charge in [-0.1, -0.05) is 24.3 Å². The third kappa shape index (κ3) is 2.55. The van der Waals surface area contributed by atoms with Gasteiger partial charge in [-0.2, -0.15) is 0 Å². The van der Waals surface area contributed by atoms with Crippen LogP contribution in [-0.4, -0.2) is 24.2 Å². The molecule has 130 valence electrons. The lowest BCUT2D eigenvalue weighted by Crippen LogP contribution is -2.43. The van der Waals surface area contributed by atoms with Crippen molar-refractivity contribution in [3.63, 3.8) is 0 Å². The predicted octanol–water partition coefficient (Wildman–Crippen LogP) is 2.38. The van der Waals surface area contributed by atoms with Crippen molar-refractivity contribution >= 4 is 11.4 Å². The maximum absolute atomic E-state index is 13.0. The van der Waals surface area contributed by atoms with E-state index in [2.05, 4.69) is 40.1 Å². The number of hydrazine groups is 1. The Morgan fingerprint density at radius 1 is 1.28 bits per heavy atom. The number of aryl methyl sites for hydroxylation is 1. The van der Waals surface area contributed by atoms with Crippen molar-refractivity contribution in [3.05, 3.63) is 70.7 Å². The maximum atomic E-state index is 13.0. The molecular weight excluding hydrogens is 312 g/mol. The zero-order valence-electron chi connectivity index (χ0n) is 14.8. The van der Waals surface area contributed by atoms with Crippen LogP contribution >= 0.6 is 0 Å². The normalized spacial score (nSPS) is 21.8. The number of rotatable bonds is 3. The largest absolute Gasteiger partial charge is 0.367 e. The van der Waals surface area contributed by atoms with Gasteiger partial charge in [0.2, 0.25) is 0 Å². The lowest BCUT2D eigenvalue weighted by molar-refractivity contribution is 0.446. The van der Waals surface area contributed by atoms with Crippen molar-refractivity contribution in [1.82, 2.24) is 9.99 Å². The van der Waals surface area contributed by atoms with Crippen LogP contribution in [0.25, 0.3) is 0 Å². The minimum atomic E-state index is 0.0515. The average Bonchev–Trinajstić information content (AvgIpc) is 3.04. The Hall–Kier alpha value is -2.53. The molecule has 0 spiro atoms. The van der Waals surface area contributed by atoms with Crippen molar-refractivity contribution < 1.29 is 0 Å². The monoisotopic (exact) mass is 336 g/mol. The fraction of sp³-hybridized carbons (Fsp3) is 0.350. The molecule has 5 nitrogen and oxygen atoms in total. The molecule has 0 amide bonds. The van der Waals surface area contributed by atoms with E-state index in [4.69, 9.17) is 0 Å². The van der Waals surface area contributed by atoms with Gasteiger partial charge in [0, 0.05) is 44.0 Å². The molecule has 3 heterocycles. The third-order valence-electron chi connectivity index (χ3n) is 5.39. The van der Waals surface area contributed by atoms with Crippen LogP contribution in [-0.2, 0) is 7.05 Å². The summed E-state index contributed by atoms with van der Waals surface area (Å²) in [6, 6.07) is 12.5. The number of fused-ring (bicyclic) bond motifs is 3. The van der Waals surface area contributed by atoms with E-state index >= 15 is 0 Å². The molecule has 1 fully saturated rings. The van der Waals surface area contributed by atoms with Crippen LogP contribution in [0.4, 0.5) is 11.4 Å². The topological polar surface area (TPSA) is 40.5 Å². The number of benzene rings is 1. The number of hydrogen-bond acceptors (Lipinski definition) is 4. The Kier molecular flexibility index (Phi) is 3.88. The van der Waals surface area contributed by atoms with E-state index in [-0.39, 0.29) is 11.6 Å². The maximum Gasteiger partial charge on any atom is 0.257 e. The van der Waals surface area contributed by atoms with Crippen LogP contribution in [0.15, 0.2) is 53.8 Å². The van der Waals surface area contributed by atoms with Crippen molar-refractivity contribution in [2.24, 2.45) is 13.0 Å². The Morgan fingerprint density at radius 2 is 2.04 bits per heavy atom. The Balaban J connectivity index is 1.78. The summed E-state index contributed by atoms with van der Waals surface area (Å²) in [5.74, 6) is 0.364. The molecule has 0 aliphatic carbocycles. The van der Waals surface area contributed by atoms with Gasteiger partial charge >= 0.3 is 0 Å². The van der Waals surface area contributed by atoms with Gasteiger partial charge in [-0.3, -0.25) is 4.79 Å². The molecule has 2 aliphatic rings. The number of para-hydroxylation sites is 1. The number of nitrogens with one attached hydrogen (secondary N) is 1. The average molecular weight is 336 g/mol. The fourth-order valence-electron chi connectivity index (χ4n) is 4.00. The van der Waals surface area contributed by atoms with E-state index in [9.17, 15) is 4.79 Å². The first-order valence-electron chi connectivity index (χ1n) is 8.75. The molecule has 2 aliphatic heterocycles. The number of aromatic nitrogens is 1. The van der Waals surface area contributed by atoms with Gasteiger partial charge in [0.1, 0.15) is 0 Å². The SMILES string of the molecule is C=CCN1C[C@H]2CN(c3ccccc3)N[C@H]2c2c1cc(C)n(C)c2=O. The zero-order valence-corrected chi connectivity index (χ0v) is 14.8. The van der Waals surface area contributed by atoms with Gasteiger partial charge in [-0.25, -0.2) is 5.43 Å². The second-order valence-electron chi connectivity index (χ2n) is 6.96. The van der Waals surface area contributed by atoms with Crippen molar-refractivity contribution in [3.8, 4) is 0 Å². The number of pyridine rings is 1. The van der Waals surface area contributed by atoms with E-state index in [0.29, 0.717) is 5.92 Å². The molecule has 1 N–H and O–H groups in total. The summed E-state index contributed by atoms with van der Waals surface area (Å²) >= 11 is 0. The molecule has 0 saturated carbocycles. The molecular formula is C20H24N4O. The molecule has 0 radical (unpaired) electrons. The summed E-state index contributed by atoms with van der Waals surface area (Å²) in [7, 11) is 1.85. The standard InChI is InChI=1S/C20H24N4O/c1-4-10-23-12-15-13-24(16-8-6-5-7-9-16)21-19(15)18-17(23)11-14(2)22(3)20(18)25/h4-9,11,15,19,21H,1,10,12-13H2,2-3H3/t15-,19+/m0/s1. The van der Waals surface area contributed by atoms with Crippen molar-refractivity contribution in [1.29, 1.82) is 0 Å². The quantitative estimate of drug-likeness (QED) is 0.874. The highest BCUT2D eigenvalue weighted by atomic mass is 16.1. The molecule has 2 aromatic rings. The lowest BCUT2D eigenvalue weighted by atomic mass is 9.89. The third-order valence-corrected chi connectivity index (χ3v) is 5.39. The summed E-state index contributed by atoms with van der Waals surface area (Å²) in [5.41, 5.74) is 7.72. The van der Waals surface area contributed by atoms with Gasteiger partial charge in [-0.15, -0.1) is 6.58 Å². The molecule has 1 saturated heterocycles. The molecule has 25 heavy (non-hydrogen) atoms. The van der Waals surface area contributed by atoms with Crippen LogP contribution in [0.2, 0.25) is 0 Å². The van der Waals surface area contributed by atoms with Crippen LogP contribution in [0.3, 0.4) is 0 Å². The number of hydrogen-bond donors (Lipinski definition) is 1. The van der Waals surface area contributed by atoms with Gasteiger partial charge in [0.05, 0.1) is 17.3 Å². The van der Waals surface area contributed by atoms with Crippen LogP contribution in [0.1, 0.15) is 17.3 Å². The summed E-state index contributed by atoms with van der Waals surface area (Å²) < 4.78 is 1.75. The van der Waals surface area contributed by atoms with Gasteiger partial charge < -0.3 is 14.5 Å². The fourth-order valence-corrected chi connectivity index (χ4v) is 4.00. The van der Waals surface area contributed by atoms with E-state index in [0.717, 1.165) is 42.3 Å². The van der Waals surface area contributed by atoms with E-state index < -0.39 is 0 Å². The highest BCUT2D eigenvalue weighted by molar-refractivity contribution is 5.60. The lowest BCUT2D eigenvalue weighted by Gasteiger charge is -2.36. The highest BCUT2D eigenvalue weighted by Crippen LogP contribution is 2.39. The number of nitrogens with zero attached hydrogens (tertiary/aromatic N) is 3. The molecule has 2 atom stereocenters. The van der Waals surface area contributed by atoms with E-state index in [1.807, 2.05) is 38.2 Å². The van der Waals surface area contributed by atoms with Crippen LogP contribution in [0.5, 0.6) is 0 Å². The minimum absolute atomic E-state index is 0.0515. The first-order valence-corrected chi connectivity index (χ1v) is 8.75. The molecule has 1 aromatic carbocycles. The second-order valence-corrected chi connectivity index (χ2v) is 6.96. The molecule has 4 rings (SSSR count). The molecule has 5 heteroatoms. The first kappa shape index (κ1) is 16.0. The smallest absolute Gasteiger partial charge is 0.257 e. The number of anilines is 2. The predicted molar refractivity (Wildman–Crippen MR) is 102 cm³/mol. The Morgan fingerprint density at radius 3 is 2.76 bits per heavy atom. The van der Waals surface area contributed by atoms with E-state index in [1.54, 1.807) is 4.57 Å². The summed E-state index contributed by atoms with van der Waals surface area (Å²) in [5, 5.41) is 2.18. The van der Waals surface area contributed by atoms with Crippen molar-refractivity contribution in [2.75, 3.05) is 29.5 Å². The van der Waals surface area contributed by atoms with Gasteiger partial charge in [0.25, 0.3) is 5.56 Å².